The van der Waals surface area contributed by atoms with E-state index in [9.17, 15) is 4.79 Å². The Bertz CT molecular complexity index is 487. The van der Waals surface area contributed by atoms with E-state index in [1.165, 1.54) is 43.7 Å². The number of likely N-dealkylation sites (tertiary alicyclic amines) is 2. The number of nitrogens with two attached hydrogens (primary N) is 1. The number of halogens is 1. The van der Waals surface area contributed by atoms with Crippen molar-refractivity contribution in [1.29, 1.82) is 0 Å². The predicted octanol–water partition coefficient (Wildman–Crippen LogP) is 3.23. The van der Waals surface area contributed by atoms with Crippen LogP contribution in [0.1, 0.15) is 48.2 Å². The first-order chi connectivity index (χ1) is 10.3. The van der Waals surface area contributed by atoms with Gasteiger partial charge in [0, 0.05) is 19.1 Å². The number of rotatable bonds is 4. The van der Waals surface area contributed by atoms with Gasteiger partial charge in [0.1, 0.15) is 4.88 Å². The maximum Gasteiger partial charge on any atom is 0.266 e. The molecule has 0 aliphatic carbocycles. The molecule has 2 saturated heterocycles. The van der Waals surface area contributed by atoms with E-state index in [-0.39, 0.29) is 18.3 Å². The van der Waals surface area contributed by atoms with Crippen molar-refractivity contribution in [3.8, 4) is 0 Å². The van der Waals surface area contributed by atoms with E-state index in [4.69, 9.17) is 5.73 Å². The highest BCUT2D eigenvalue weighted by atomic mass is 35.5. The van der Waals surface area contributed by atoms with Gasteiger partial charge in [0.05, 0.1) is 5.69 Å². The summed E-state index contributed by atoms with van der Waals surface area (Å²) in [4.78, 5) is 18.1. The van der Waals surface area contributed by atoms with Crippen molar-refractivity contribution in [3.63, 3.8) is 0 Å². The van der Waals surface area contributed by atoms with Gasteiger partial charge in [0.15, 0.2) is 0 Å². The molecule has 3 rings (SSSR count). The first-order valence-electron chi connectivity index (χ1n) is 8.12. The van der Waals surface area contributed by atoms with Crippen LogP contribution < -0.4 is 5.73 Å². The van der Waals surface area contributed by atoms with Crippen molar-refractivity contribution < 1.29 is 4.79 Å². The summed E-state index contributed by atoms with van der Waals surface area (Å²) < 4.78 is 0. The van der Waals surface area contributed by atoms with Crippen LogP contribution >= 0.6 is 23.7 Å². The molecule has 1 unspecified atom stereocenters. The summed E-state index contributed by atoms with van der Waals surface area (Å²) >= 11 is 1.47. The monoisotopic (exact) mass is 343 g/mol. The molecule has 2 aliphatic rings. The summed E-state index contributed by atoms with van der Waals surface area (Å²) in [5.41, 5.74) is 6.55. The average molecular weight is 344 g/mol. The number of piperidine rings is 1. The maximum atomic E-state index is 12.7. The molecule has 0 aromatic carbocycles. The van der Waals surface area contributed by atoms with Gasteiger partial charge in [0.25, 0.3) is 5.91 Å². The quantitative estimate of drug-likeness (QED) is 0.913. The number of carbonyl (C=O) groups is 1. The molecule has 1 amide bonds. The van der Waals surface area contributed by atoms with Gasteiger partial charge in [-0.2, -0.15) is 0 Å². The largest absolute Gasteiger partial charge is 0.397 e. The minimum atomic E-state index is 0. The second-order valence-electron chi connectivity index (χ2n) is 6.19. The van der Waals surface area contributed by atoms with Gasteiger partial charge in [0.2, 0.25) is 0 Å². The molecule has 6 heteroatoms. The molecule has 124 valence electrons. The Morgan fingerprint density at radius 3 is 2.64 bits per heavy atom. The summed E-state index contributed by atoms with van der Waals surface area (Å²) in [5.74, 6) is 0.147. The van der Waals surface area contributed by atoms with Crippen LogP contribution in [0.2, 0.25) is 0 Å². The predicted molar refractivity (Wildman–Crippen MR) is 94.9 cm³/mol. The molecular formula is C16H26ClN3OS. The lowest BCUT2D eigenvalue weighted by Gasteiger charge is -2.36. The zero-order valence-corrected chi connectivity index (χ0v) is 14.6. The number of carbonyl (C=O) groups excluding carboxylic acids is 1. The smallest absolute Gasteiger partial charge is 0.266 e. The van der Waals surface area contributed by atoms with E-state index < -0.39 is 0 Å². The first kappa shape index (κ1) is 17.6. The van der Waals surface area contributed by atoms with Crippen molar-refractivity contribution in [2.24, 2.45) is 0 Å². The van der Waals surface area contributed by atoms with Gasteiger partial charge < -0.3 is 15.5 Å². The Morgan fingerprint density at radius 1 is 1.23 bits per heavy atom. The van der Waals surface area contributed by atoms with Crippen LogP contribution in [0.5, 0.6) is 0 Å². The molecule has 1 atom stereocenters. The molecule has 0 saturated carbocycles. The van der Waals surface area contributed by atoms with E-state index >= 15 is 0 Å². The highest BCUT2D eigenvalue weighted by molar-refractivity contribution is 7.12. The van der Waals surface area contributed by atoms with Crippen LogP contribution in [0.3, 0.4) is 0 Å². The Balaban J connectivity index is 0.00000176. The highest BCUT2D eigenvalue weighted by Gasteiger charge is 2.29. The second kappa shape index (κ2) is 8.18. The SMILES string of the molecule is Cl.Nc1ccsc1C(=O)N1CCCCC1CCN1CCCC1. The summed E-state index contributed by atoms with van der Waals surface area (Å²) in [6.45, 7) is 4.49. The van der Waals surface area contributed by atoms with Crippen molar-refractivity contribution in [3.05, 3.63) is 16.3 Å². The lowest BCUT2D eigenvalue weighted by molar-refractivity contribution is 0.0594. The summed E-state index contributed by atoms with van der Waals surface area (Å²) in [5, 5.41) is 1.91. The number of nitrogen functional groups attached to an aromatic ring is 1. The Morgan fingerprint density at radius 2 is 1.95 bits per heavy atom. The zero-order valence-electron chi connectivity index (χ0n) is 13.0. The zero-order chi connectivity index (χ0) is 14.7. The molecule has 0 spiro atoms. The number of thiophene rings is 1. The summed E-state index contributed by atoms with van der Waals surface area (Å²) in [7, 11) is 0. The lowest BCUT2D eigenvalue weighted by Crippen LogP contribution is -2.45. The fraction of sp³-hybridized carbons (Fsp3) is 0.688. The minimum Gasteiger partial charge on any atom is -0.397 e. The second-order valence-corrected chi connectivity index (χ2v) is 7.11. The maximum absolute atomic E-state index is 12.7. The van der Waals surface area contributed by atoms with Gasteiger partial charge in [-0.3, -0.25) is 4.79 Å². The van der Waals surface area contributed by atoms with Crippen LogP contribution in [0.15, 0.2) is 11.4 Å². The number of hydrogen-bond donors (Lipinski definition) is 1. The van der Waals surface area contributed by atoms with Crippen LogP contribution in [0.25, 0.3) is 0 Å². The number of hydrogen-bond acceptors (Lipinski definition) is 4. The number of amides is 1. The van der Waals surface area contributed by atoms with Crippen molar-refractivity contribution in [2.75, 3.05) is 31.9 Å². The van der Waals surface area contributed by atoms with E-state index in [2.05, 4.69) is 9.80 Å². The fourth-order valence-corrected chi connectivity index (χ4v) is 4.30. The molecule has 2 N–H and O–H groups in total. The van der Waals surface area contributed by atoms with Crippen LogP contribution in [0, 0.1) is 0 Å². The molecular weight excluding hydrogens is 318 g/mol. The Labute approximate surface area is 143 Å². The minimum absolute atomic E-state index is 0. The van der Waals surface area contributed by atoms with E-state index in [0.717, 1.165) is 37.2 Å². The third kappa shape index (κ3) is 3.94. The normalized spacial score (nSPS) is 22.5. The van der Waals surface area contributed by atoms with E-state index in [1.54, 1.807) is 0 Å². The number of anilines is 1. The molecule has 1 aromatic heterocycles. The van der Waals surface area contributed by atoms with Crippen molar-refractivity contribution in [1.82, 2.24) is 9.80 Å². The van der Waals surface area contributed by atoms with E-state index in [1.807, 2.05) is 11.4 Å². The van der Waals surface area contributed by atoms with E-state index in [0.29, 0.717) is 11.7 Å². The van der Waals surface area contributed by atoms with Gasteiger partial charge in [-0.15, -0.1) is 23.7 Å². The van der Waals surface area contributed by atoms with Crippen LogP contribution in [-0.2, 0) is 0 Å². The first-order valence-corrected chi connectivity index (χ1v) is 9.00. The summed E-state index contributed by atoms with van der Waals surface area (Å²) in [6.07, 6.45) is 7.28. The molecule has 2 fully saturated rings. The average Bonchev–Trinajstić information content (AvgIpc) is 3.16. The standard InChI is InChI=1S/C16H25N3OS.ClH/c17-14-7-12-21-15(14)16(20)19-10-2-1-5-13(19)6-11-18-8-3-4-9-18;/h7,12-13H,1-6,8-11,17H2;1H. The van der Waals surface area contributed by atoms with Crippen LogP contribution in [0.4, 0.5) is 5.69 Å². The third-order valence-corrected chi connectivity index (χ3v) is 5.67. The van der Waals surface area contributed by atoms with Crippen molar-refractivity contribution in [2.45, 2.75) is 44.6 Å². The van der Waals surface area contributed by atoms with Gasteiger partial charge in [-0.25, -0.2) is 0 Å². The topological polar surface area (TPSA) is 49.6 Å². The molecule has 22 heavy (non-hydrogen) atoms. The van der Waals surface area contributed by atoms with Gasteiger partial charge in [-0.05, 0) is 63.1 Å². The lowest BCUT2D eigenvalue weighted by atomic mass is 9.98. The fourth-order valence-electron chi connectivity index (χ4n) is 3.53. The molecule has 3 heterocycles. The van der Waals surface area contributed by atoms with Gasteiger partial charge in [-0.1, -0.05) is 0 Å². The van der Waals surface area contributed by atoms with Gasteiger partial charge >= 0.3 is 0 Å². The Hall–Kier alpha value is -0.780. The third-order valence-electron chi connectivity index (χ3n) is 4.76. The molecule has 0 bridgehead atoms. The molecule has 2 aliphatic heterocycles. The highest BCUT2D eigenvalue weighted by Crippen LogP contribution is 2.27. The van der Waals surface area contributed by atoms with Crippen molar-refractivity contribution >= 4 is 35.3 Å². The summed E-state index contributed by atoms with van der Waals surface area (Å²) in [6, 6.07) is 2.23. The Kier molecular flexibility index (Phi) is 6.53. The molecule has 0 radical (unpaired) electrons. The van der Waals surface area contributed by atoms with Crippen LogP contribution in [-0.4, -0.2) is 47.9 Å². The molecule has 1 aromatic rings. The number of nitrogens with zero attached hydrogens (tertiary/aromatic N) is 2. The molecule has 4 nitrogen and oxygen atoms in total.